The highest BCUT2D eigenvalue weighted by Gasteiger charge is 2.17. The zero-order valence-corrected chi connectivity index (χ0v) is 16.4. The van der Waals surface area contributed by atoms with Gasteiger partial charge in [-0.05, 0) is 64.0 Å². The largest absolute Gasteiger partial charge is 0.318 e. The fourth-order valence-electron chi connectivity index (χ4n) is 3.28. The normalized spacial score (nSPS) is 11.3. The number of likely N-dealkylation sites (N-methyl/N-ethyl adjacent to an activating group) is 1. The minimum Gasteiger partial charge on any atom is -0.318 e. The van der Waals surface area contributed by atoms with Crippen LogP contribution >= 0.6 is 0 Å². The van der Waals surface area contributed by atoms with Crippen molar-refractivity contribution in [2.24, 2.45) is 0 Å². The van der Waals surface area contributed by atoms with Gasteiger partial charge in [0, 0.05) is 22.6 Å². The van der Waals surface area contributed by atoms with Gasteiger partial charge in [0.25, 0.3) is 0 Å². The molecule has 0 saturated carbocycles. The predicted molar refractivity (Wildman–Crippen MR) is 106 cm³/mol. The van der Waals surface area contributed by atoms with Gasteiger partial charge >= 0.3 is 0 Å². The zero-order valence-electron chi connectivity index (χ0n) is 16.4. The van der Waals surface area contributed by atoms with Crippen molar-refractivity contribution in [2.45, 2.75) is 53.4 Å². The molecule has 1 heterocycles. The van der Waals surface area contributed by atoms with Gasteiger partial charge in [-0.25, -0.2) is 0 Å². The summed E-state index contributed by atoms with van der Waals surface area (Å²) >= 11 is 0. The van der Waals surface area contributed by atoms with E-state index in [-0.39, 0.29) is 5.78 Å². The molecule has 2 aromatic rings. The molecule has 0 bridgehead atoms. The number of hydrogen-bond acceptors (Lipinski definition) is 2. The first-order chi connectivity index (χ1) is 12.0. The van der Waals surface area contributed by atoms with E-state index in [2.05, 4.69) is 49.6 Å². The second-order valence-corrected chi connectivity index (χ2v) is 7.00. The summed E-state index contributed by atoms with van der Waals surface area (Å²) in [6.07, 6.45) is 4.94. The molecule has 1 aromatic heterocycles. The van der Waals surface area contributed by atoms with Crippen molar-refractivity contribution in [1.82, 2.24) is 9.47 Å². The van der Waals surface area contributed by atoms with Gasteiger partial charge in [-0.1, -0.05) is 38.8 Å². The quantitative estimate of drug-likeness (QED) is 0.476. The number of Topliss-reactive ketones (excluding diaryl/α,β-unsaturated/α-hetero) is 1. The number of hydrogen-bond donors (Lipinski definition) is 0. The first kappa shape index (κ1) is 19.5. The Morgan fingerprint density at radius 2 is 1.76 bits per heavy atom. The lowest BCUT2D eigenvalue weighted by atomic mass is 10.1. The van der Waals surface area contributed by atoms with Gasteiger partial charge in [-0.2, -0.15) is 0 Å². The lowest BCUT2D eigenvalue weighted by Crippen LogP contribution is -2.25. The van der Waals surface area contributed by atoms with E-state index >= 15 is 0 Å². The van der Waals surface area contributed by atoms with Crippen LogP contribution in [0.3, 0.4) is 0 Å². The molecule has 3 heteroatoms. The Kier molecular flexibility index (Phi) is 7.01. The van der Waals surface area contributed by atoms with Crippen molar-refractivity contribution in [3.63, 3.8) is 0 Å². The van der Waals surface area contributed by atoms with Crippen molar-refractivity contribution in [3.8, 4) is 5.69 Å². The van der Waals surface area contributed by atoms with Crippen LogP contribution in [0.15, 0.2) is 30.3 Å². The summed E-state index contributed by atoms with van der Waals surface area (Å²) in [5.74, 6) is 0.194. The van der Waals surface area contributed by atoms with Crippen LogP contribution in [0.1, 0.15) is 60.4 Å². The zero-order chi connectivity index (χ0) is 18.4. The van der Waals surface area contributed by atoms with Crippen LogP contribution in [0, 0.1) is 13.8 Å². The van der Waals surface area contributed by atoms with Crippen LogP contribution in [0.5, 0.6) is 0 Å². The fourth-order valence-corrected chi connectivity index (χ4v) is 3.28. The van der Waals surface area contributed by atoms with E-state index in [9.17, 15) is 4.79 Å². The van der Waals surface area contributed by atoms with Crippen molar-refractivity contribution in [2.75, 3.05) is 20.1 Å². The number of carbonyl (C=O) groups excluding carboxylic acids is 1. The molecule has 3 nitrogen and oxygen atoms in total. The summed E-state index contributed by atoms with van der Waals surface area (Å²) in [6.45, 7) is 9.77. The molecule has 0 saturated heterocycles. The van der Waals surface area contributed by atoms with Gasteiger partial charge in [0.05, 0.1) is 6.54 Å². The molecular weight excluding hydrogens is 308 g/mol. The second kappa shape index (κ2) is 9.00. The van der Waals surface area contributed by atoms with E-state index in [4.69, 9.17) is 0 Å². The Hall–Kier alpha value is -1.87. The molecule has 2 rings (SSSR count). The number of carbonyl (C=O) groups is 1. The predicted octanol–water partition coefficient (Wildman–Crippen LogP) is 4.96. The van der Waals surface area contributed by atoms with Crippen LogP contribution in [0.25, 0.3) is 5.69 Å². The minimum atomic E-state index is 0.194. The van der Waals surface area contributed by atoms with Crippen LogP contribution < -0.4 is 0 Å². The van der Waals surface area contributed by atoms with Crippen LogP contribution in [0.2, 0.25) is 0 Å². The van der Waals surface area contributed by atoms with Gasteiger partial charge in [-0.15, -0.1) is 0 Å². The molecule has 0 radical (unpaired) electrons. The summed E-state index contributed by atoms with van der Waals surface area (Å²) in [7, 11) is 1.98. The summed E-state index contributed by atoms with van der Waals surface area (Å²) in [5.41, 5.74) is 5.51. The molecular formula is C22H32N2O. The topological polar surface area (TPSA) is 25.2 Å². The van der Waals surface area contributed by atoms with Gasteiger partial charge in [0.15, 0.2) is 5.78 Å². The highest BCUT2D eigenvalue weighted by Crippen LogP contribution is 2.22. The number of ketones is 1. The third kappa shape index (κ3) is 4.82. The molecule has 0 aliphatic heterocycles. The third-order valence-corrected chi connectivity index (χ3v) is 4.95. The third-order valence-electron chi connectivity index (χ3n) is 4.95. The Morgan fingerprint density at radius 1 is 1.08 bits per heavy atom. The Balaban J connectivity index is 2.21. The monoisotopic (exact) mass is 340 g/mol. The van der Waals surface area contributed by atoms with Gasteiger partial charge < -0.3 is 4.57 Å². The molecule has 0 aliphatic carbocycles. The maximum atomic E-state index is 12.6. The van der Waals surface area contributed by atoms with Crippen LogP contribution in [0.4, 0.5) is 0 Å². The van der Waals surface area contributed by atoms with E-state index in [1.807, 2.05) is 24.9 Å². The molecule has 136 valence electrons. The number of nitrogens with zero attached hydrogens (tertiary/aromatic N) is 2. The van der Waals surface area contributed by atoms with Crippen LogP contribution in [-0.2, 0) is 6.42 Å². The number of aromatic nitrogens is 1. The van der Waals surface area contributed by atoms with E-state index in [1.165, 1.54) is 24.8 Å². The molecule has 0 N–H and O–H groups in total. The average Bonchev–Trinajstić information content (AvgIpc) is 2.90. The summed E-state index contributed by atoms with van der Waals surface area (Å²) in [4.78, 5) is 14.6. The maximum absolute atomic E-state index is 12.6. The summed E-state index contributed by atoms with van der Waals surface area (Å²) in [6, 6.07) is 10.8. The molecule has 25 heavy (non-hydrogen) atoms. The molecule has 0 atom stereocenters. The molecule has 0 fully saturated rings. The number of benzene rings is 1. The number of unbranched alkanes of at least 4 members (excludes halogenated alkanes) is 2. The van der Waals surface area contributed by atoms with E-state index in [0.29, 0.717) is 6.54 Å². The fraction of sp³-hybridized carbons (Fsp3) is 0.500. The highest BCUT2D eigenvalue weighted by molar-refractivity contribution is 5.99. The minimum absolute atomic E-state index is 0.194. The van der Waals surface area contributed by atoms with Crippen molar-refractivity contribution < 1.29 is 4.79 Å². The lowest BCUT2D eigenvalue weighted by molar-refractivity contribution is 0.0948. The van der Waals surface area contributed by atoms with Gasteiger partial charge in [-0.3, -0.25) is 9.69 Å². The van der Waals surface area contributed by atoms with E-state index in [1.54, 1.807) is 0 Å². The lowest BCUT2D eigenvalue weighted by Gasteiger charge is -2.13. The first-order valence-electron chi connectivity index (χ1n) is 9.47. The molecule has 0 spiro atoms. The molecule has 0 unspecified atom stereocenters. The van der Waals surface area contributed by atoms with Crippen molar-refractivity contribution >= 4 is 5.78 Å². The van der Waals surface area contributed by atoms with Crippen molar-refractivity contribution in [3.05, 3.63) is 52.8 Å². The maximum Gasteiger partial charge on any atom is 0.178 e. The molecule has 0 aliphatic rings. The van der Waals surface area contributed by atoms with Crippen LogP contribution in [-0.4, -0.2) is 35.4 Å². The standard InChI is InChI=1S/C22H32N2O/c1-6-8-9-10-19-11-13-20(14-12-19)24-17(3)15-21(18(24)4)22(25)16-23(5)7-2/h11-15H,6-10,16H2,1-5H3. The average molecular weight is 341 g/mol. The smallest absolute Gasteiger partial charge is 0.178 e. The summed E-state index contributed by atoms with van der Waals surface area (Å²) in [5, 5.41) is 0. The molecule has 0 amide bonds. The Bertz CT molecular complexity index is 698. The van der Waals surface area contributed by atoms with Crippen molar-refractivity contribution in [1.29, 1.82) is 0 Å². The van der Waals surface area contributed by atoms with Gasteiger partial charge in [0.1, 0.15) is 0 Å². The Labute approximate surface area is 152 Å². The SMILES string of the molecule is CCCCCc1ccc(-n2c(C)cc(C(=O)CN(C)CC)c2C)cc1. The number of rotatable bonds is 9. The molecule has 1 aromatic carbocycles. The number of aryl methyl sites for hydroxylation is 2. The van der Waals surface area contributed by atoms with E-state index in [0.717, 1.165) is 35.6 Å². The highest BCUT2D eigenvalue weighted by atomic mass is 16.1. The Morgan fingerprint density at radius 3 is 2.36 bits per heavy atom. The first-order valence-corrected chi connectivity index (χ1v) is 9.47. The van der Waals surface area contributed by atoms with E-state index < -0.39 is 0 Å². The second-order valence-electron chi connectivity index (χ2n) is 7.00. The summed E-state index contributed by atoms with van der Waals surface area (Å²) < 4.78 is 2.19. The van der Waals surface area contributed by atoms with Gasteiger partial charge in [0.2, 0.25) is 0 Å².